The summed E-state index contributed by atoms with van der Waals surface area (Å²) >= 11 is 1.40. The molecular weight excluding hydrogens is 272 g/mol. The lowest BCUT2D eigenvalue weighted by Crippen LogP contribution is -2.12. The van der Waals surface area contributed by atoms with Crippen LogP contribution in [0, 0.1) is 0 Å². The fraction of sp³-hybridized carbons (Fsp3) is 0.0714. The molecule has 1 amide bonds. The lowest BCUT2D eigenvalue weighted by Gasteiger charge is -2.07. The topological polar surface area (TPSA) is 59.8 Å². The zero-order chi connectivity index (χ0) is 13.8. The number of hydrogen-bond acceptors (Lipinski definition) is 4. The van der Waals surface area contributed by atoms with E-state index in [1.165, 1.54) is 11.3 Å². The van der Waals surface area contributed by atoms with Gasteiger partial charge in [0.1, 0.15) is 5.69 Å². The number of anilines is 1. The maximum absolute atomic E-state index is 11.9. The highest BCUT2D eigenvalue weighted by Crippen LogP contribution is 2.13. The molecule has 3 aromatic rings. The third-order valence-corrected chi connectivity index (χ3v) is 3.36. The molecule has 0 spiro atoms. The Morgan fingerprint density at radius 3 is 3.10 bits per heavy atom. The van der Waals surface area contributed by atoms with Crippen molar-refractivity contribution in [3.63, 3.8) is 0 Å². The van der Waals surface area contributed by atoms with Gasteiger partial charge in [0, 0.05) is 30.0 Å². The summed E-state index contributed by atoms with van der Waals surface area (Å²) in [4.78, 5) is 19.9. The van der Waals surface area contributed by atoms with Crippen molar-refractivity contribution >= 4 is 22.9 Å². The number of hydrogen-bond donors (Lipinski definition) is 1. The van der Waals surface area contributed by atoms with Gasteiger partial charge in [-0.05, 0) is 17.7 Å². The molecule has 5 nitrogen and oxygen atoms in total. The van der Waals surface area contributed by atoms with Gasteiger partial charge < -0.3 is 9.88 Å². The number of carbonyl (C=O) groups excluding carboxylic acids is 1. The Kier molecular flexibility index (Phi) is 3.56. The van der Waals surface area contributed by atoms with Crippen molar-refractivity contribution in [3.05, 3.63) is 65.1 Å². The summed E-state index contributed by atoms with van der Waals surface area (Å²) < 4.78 is 1.97. The second-order valence-corrected chi connectivity index (χ2v) is 4.98. The minimum atomic E-state index is -0.189. The number of nitrogens with zero attached hydrogens (tertiary/aromatic N) is 3. The normalized spacial score (nSPS) is 10.4. The second-order valence-electron chi connectivity index (χ2n) is 4.26. The number of carbonyl (C=O) groups is 1. The van der Waals surface area contributed by atoms with Crippen molar-refractivity contribution in [2.75, 3.05) is 5.32 Å². The van der Waals surface area contributed by atoms with E-state index in [0.717, 1.165) is 17.8 Å². The van der Waals surface area contributed by atoms with E-state index in [0.29, 0.717) is 5.69 Å². The summed E-state index contributed by atoms with van der Waals surface area (Å²) in [7, 11) is 0. The number of rotatable bonds is 4. The minimum absolute atomic E-state index is 0.189. The Bertz CT molecular complexity index is 692. The van der Waals surface area contributed by atoms with Crippen LogP contribution in [0.25, 0.3) is 0 Å². The molecule has 0 atom stereocenters. The van der Waals surface area contributed by atoms with Gasteiger partial charge in [0.2, 0.25) is 0 Å². The largest absolute Gasteiger partial charge is 0.333 e. The number of nitrogens with one attached hydrogen (secondary N) is 1. The van der Waals surface area contributed by atoms with Crippen LogP contribution in [-0.2, 0) is 6.54 Å². The number of benzene rings is 1. The van der Waals surface area contributed by atoms with Crippen molar-refractivity contribution < 1.29 is 4.79 Å². The smallest absolute Gasteiger partial charge is 0.275 e. The van der Waals surface area contributed by atoms with E-state index in [1.54, 1.807) is 23.4 Å². The van der Waals surface area contributed by atoms with Gasteiger partial charge in [0.05, 0.1) is 11.8 Å². The molecule has 0 aliphatic carbocycles. The quantitative estimate of drug-likeness (QED) is 0.801. The highest BCUT2D eigenvalue weighted by Gasteiger charge is 2.08. The predicted molar refractivity (Wildman–Crippen MR) is 77.8 cm³/mol. The summed E-state index contributed by atoms with van der Waals surface area (Å²) in [5.41, 5.74) is 3.94. The summed E-state index contributed by atoms with van der Waals surface area (Å²) in [5, 5.41) is 4.57. The fourth-order valence-corrected chi connectivity index (χ4v) is 2.39. The molecule has 1 aromatic carbocycles. The van der Waals surface area contributed by atoms with E-state index < -0.39 is 0 Å². The molecule has 3 rings (SSSR count). The van der Waals surface area contributed by atoms with Crippen LogP contribution in [0.5, 0.6) is 0 Å². The zero-order valence-electron chi connectivity index (χ0n) is 10.6. The van der Waals surface area contributed by atoms with E-state index in [-0.39, 0.29) is 5.91 Å². The number of thiazole rings is 1. The summed E-state index contributed by atoms with van der Waals surface area (Å²) in [6.07, 6.45) is 5.41. The van der Waals surface area contributed by atoms with E-state index in [2.05, 4.69) is 15.3 Å². The van der Waals surface area contributed by atoms with Gasteiger partial charge in [0.25, 0.3) is 5.91 Å². The number of amides is 1. The maximum Gasteiger partial charge on any atom is 0.275 e. The molecule has 100 valence electrons. The Morgan fingerprint density at radius 2 is 2.35 bits per heavy atom. The first-order valence-corrected chi connectivity index (χ1v) is 7.00. The first kappa shape index (κ1) is 12.6. The van der Waals surface area contributed by atoms with E-state index in [9.17, 15) is 4.79 Å². The van der Waals surface area contributed by atoms with Crippen LogP contribution in [-0.4, -0.2) is 20.4 Å². The lowest BCUT2D eigenvalue weighted by atomic mass is 10.2. The minimum Gasteiger partial charge on any atom is -0.333 e. The molecule has 0 fully saturated rings. The highest BCUT2D eigenvalue weighted by molar-refractivity contribution is 7.07. The third kappa shape index (κ3) is 2.92. The van der Waals surface area contributed by atoms with Crippen LogP contribution in [0.15, 0.2) is 53.9 Å². The van der Waals surface area contributed by atoms with Crippen molar-refractivity contribution in [2.24, 2.45) is 0 Å². The summed E-state index contributed by atoms with van der Waals surface area (Å²) in [5.74, 6) is -0.189. The Balaban J connectivity index is 1.73. The van der Waals surface area contributed by atoms with E-state index in [1.807, 2.05) is 35.0 Å². The molecule has 1 N–H and O–H groups in total. The Hall–Kier alpha value is -2.47. The van der Waals surface area contributed by atoms with Crippen LogP contribution in [0.3, 0.4) is 0 Å². The predicted octanol–water partition coefficient (Wildman–Crippen LogP) is 2.64. The highest BCUT2D eigenvalue weighted by atomic mass is 32.1. The van der Waals surface area contributed by atoms with Gasteiger partial charge in [-0.3, -0.25) is 4.79 Å². The van der Waals surface area contributed by atoms with Gasteiger partial charge in [-0.1, -0.05) is 12.1 Å². The molecule has 0 saturated carbocycles. The molecule has 0 unspecified atom stereocenters. The fourth-order valence-electron chi connectivity index (χ4n) is 1.86. The van der Waals surface area contributed by atoms with Gasteiger partial charge in [-0.15, -0.1) is 11.3 Å². The molecule has 0 saturated heterocycles. The molecular formula is C14H12N4OS. The van der Waals surface area contributed by atoms with Gasteiger partial charge >= 0.3 is 0 Å². The van der Waals surface area contributed by atoms with Crippen molar-refractivity contribution in [1.29, 1.82) is 0 Å². The summed E-state index contributed by atoms with van der Waals surface area (Å²) in [6, 6.07) is 7.74. The van der Waals surface area contributed by atoms with Crippen molar-refractivity contribution in [1.82, 2.24) is 14.5 Å². The zero-order valence-corrected chi connectivity index (χ0v) is 11.4. The molecule has 6 heteroatoms. The molecule has 0 radical (unpaired) electrons. The van der Waals surface area contributed by atoms with Crippen LogP contribution in [0.1, 0.15) is 16.1 Å². The van der Waals surface area contributed by atoms with Crippen LogP contribution < -0.4 is 5.32 Å². The first-order valence-electron chi connectivity index (χ1n) is 6.05. The average Bonchev–Trinajstić information content (AvgIpc) is 3.12. The molecule has 0 aliphatic rings. The third-order valence-electron chi connectivity index (χ3n) is 2.77. The van der Waals surface area contributed by atoms with Crippen molar-refractivity contribution in [3.8, 4) is 0 Å². The molecule has 20 heavy (non-hydrogen) atoms. The first-order chi connectivity index (χ1) is 9.81. The van der Waals surface area contributed by atoms with E-state index in [4.69, 9.17) is 0 Å². The van der Waals surface area contributed by atoms with Gasteiger partial charge in [0.15, 0.2) is 0 Å². The second kappa shape index (κ2) is 5.66. The van der Waals surface area contributed by atoms with Crippen LogP contribution in [0.2, 0.25) is 0 Å². The van der Waals surface area contributed by atoms with E-state index >= 15 is 0 Å². The standard InChI is InChI=1S/C14H12N4OS/c19-14(13-8-20-10-16-13)17-12-3-1-2-11(6-12)7-18-5-4-15-9-18/h1-6,8-10H,7H2,(H,17,19). The van der Waals surface area contributed by atoms with Crippen LogP contribution in [0.4, 0.5) is 5.69 Å². The lowest BCUT2D eigenvalue weighted by molar-refractivity contribution is 0.102. The summed E-state index contributed by atoms with van der Waals surface area (Å²) in [6.45, 7) is 0.723. The number of imidazole rings is 1. The Labute approximate surface area is 119 Å². The molecule has 2 aromatic heterocycles. The SMILES string of the molecule is O=C(Nc1cccc(Cn2ccnc2)c1)c1cscn1. The van der Waals surface area contributed by atoms with Gasteiger partial charge in [-0.2, -0.15) is 0 Å². The van der Waals surface area contributed by atoms with Crippen LogP contribution >= 0.6 is 11.3 Å². The van der Waals surface area contributed by atoms with Gasteiger partial charge in [-0.25, -0.2) is 9.97 Å². The average molecular weight is 284 g/mol. The monoisotopic (exact) mass is 284 g/mol. The maximum atomic E-state index is 11.9. The Morgan fingerprint density at radius 1 is 1.40 bits per heavy atom. The molecule has 0 bridgehead atoms. The molecule has 2 heterocycles. The van der Waals surface area contributed by atoms with Crippen molar-refractivity contribution in [2.45, 2.75) is 6.54 Å². The molecule has 0 aliphatic heterocycles. The number of aromatic nitrogens is 3.